The van der Waals surface area contributed by atoms with Gasteiger partial charge in [-0.2, -0.15) is 0 Å². The zero-order valence-corrected chi connectivity index (χ0v) is 30.7. The third kappa shape index (κ3) is 9.34. The molecule has 0 radical (unpaired) electrons. The average molecular weight is 703 g/mol. The number of carboxylic acid groups (broad SMARTS) is 3. The Labute approximate surface area is 298 Å². The van der Waals surface area contributed by atoms with Gasteiger partial charge in [-0.25, -0.2) is 0 Å². The van der Waals surface area contributed by atoms with Gasteiger partial charge in [0.25, 0.3) is 0 Å². The summed E-state index contributed by atoms with van der Waals surface area (Å²) < 4.78 is 6.52. The van der Waals surface area contributed by atoms with Crippen LogP contribution in [-0.2, 0) is 23.9 Å². The van der Waals surface area contributed by atoms with Gasteiger partial charge in [-0.05, 0) is 93.3 Å². The summed E-state index contributed by atoms with van der Waals surface area (Å²) in [5, 5.41) is 28.4. The van der Waals surface area contributed by atoms with E-state index in [4.69, 9.17) is 4.74 Å². The van der Waals surface area contributed by atoms with Gasteiger partial charge in [0.1, 0.15) is 5.78 Å². The molecule has 1 aliphatic heterocycles. The summed E-state index contributed by atoms with van der Waals surface area (Å²) >= 11 is 0. The van der Waals surface area contributed by atoms with E-state index >= 15 is 0 Å². The number of allylic oxidation sites excluding steroid dienone is 1. The van der Waals surface area contributed by atoms with Crippen molar-refractivity contribution in [1.29, 1.82) is 0 Å². The zero-order valence-electron chi connectivity index (χ0n) is 30.7. The number of ether oxygens (including phenoxy) is 1. The predicted molar refractivity (Wildman–Crippen MR) is 189 cm³/mol. The lowest BCUT2D eigenvalue weighted by Crippen LogP contribution is -2.51. The van der Waals surface area contributed by atoms with Gasteiger partial charge in [-0.1, -0.05) is 25.5 Å². The first-order chi connectivity index (χ1) is 23.8. The van der Waals surface area contributed by atoms with Gasteiger partial charge in [0, 0.05) is 71.4 Å². The Bertz CT molecular complexity index is 1230. The highest BCUT2D eigenvalue weighted by atomic mass is 16.5. The molecule has 5 aliphatic rings. The largest absolute Gasteiger partial charge is 0.480 e. The molecule has 50 heavy (non-hydrogen) atoms. The second-order valence-corrected chi connectivity index (χ2v) is 16.5. The first-order valence-electron chi connectivity index (χ1n) is 19.1. The highest BCUT2D eigenvalue weighted by molar-refractivity contribution is 5.79. The molecule has 0 aromatic rings. The monoisotopic (exact) mass is 702 g/mol. The Hall–Kier alpha value is -2.38. The van der Waals surface area contributed by atoms with Crippen molar-refractivity contribution in [2.24, 2.45) is 34.5 Å². The lowest BCUT2D eigenvalue weighted by atomic mass is 9.47. The van der Waals surface area contributed by atoms with Crippen molar-refractivity contribution in [3.63, 3.8) is 0 Å². The number of carbonyl (C=O) groups is 4. The summed E-state index contributed by atoms with van der Waals surface area (Å²) in [5.74, 6) is -0.123. The van der Waals surface area contributed by atoms with E-state index in [1.807, 2.05) is 9.80 Å². The quantitative estimate of drug-likeness (QED) is 0.202. The molecular weight excluding hydrogens is 640 g/mol. The average Bonchev–Trinajstić information content (AvgIpc) is 3.41. The van der Waals surface area contributed by atoms with E-state index in [2.05, 4.69) is 24.8 Å². The fraction of sp³-hybridized carbons (Fsp3) is 0.842. The van der Waals surface area contributed by atoms with Crippen LogP contribution in [0.3, 0.4) is 0 Å². The predicted octanol–water partition coefficient (Wildman–Crippen LogP) is 3.41. The van der Waals surface area contributed by atoms with Gasteiger partial charge in [0.15, 0.2) is 0 Å². The molecule has 3 N–H and O–H groups in total. The Morgan fingerprint density at radius 1 is 0.740 bits per heavy atom. The van der Waals surface area contributed by atoms with Gasteiger partial charge in [-0.15, -0.1) is 0 Å². The highest BCUT2D eigenvalue weighted by Gasteiger charge is 2.59. The molecule has 5 rings (SSSR count). The molecule has 4 fully saturated rings. The van der Waals surface area contributed by atoms with Crippen molar-refractivity contribution >= 4 is 23.7 Å². The molecule has 1 saturated heterocycles. The lowest BCUT2D eigenvalue weighted by Gasteiger charge is -2.58. The molecule has 3 saturated carbocycles. The van der Waals surface area contributed by atoms with Crippen LogP contribution in [0.4, 0.5) is 0 Å². The van der Waals surface area contributed by atoms with Crippen LogP contribution in [0.25, 0.3) is 0 Å². The highest BCUT2D eigenvalue weighted by Crippen LogP contribution is 2.66. The molecule has 0 bridgehead atoms. The number of Topliss-reactive ketones (excluding diaryl/α,β-unsaturated/α-hetero) is 1. The maximum absolute atomic E-state index is 12.5. The summed E-state index contributed by atoms with van der Waals surface area (Å²) in [6, 6.07) is 0. The Morgan fingerprint density at radius 2 is 1.28 bits per heavy atom. The molecule has 0 amide bonds. The van der Waals surface area contributed by atoms with Crippen LogP contribution in [0.5, 0.6) is 0 Å². The summed E-state index contributed by atoms with van der Waals surface area (Å²) in [7, 11) is 0. The molecule has 1 heterocycles. The smallest absolute Gasteiger partial charge is 0.317 e. The van der Waals surface area contributed by atoms with Crippen molar-refractivity contribution in [2.45, 2.75) is 84.7 Å². The standard InChI is InChI=1S/C38H62N4O8/c1-27(43)31-7-8-32-30-6-5-28-23-29(9-11-37(28,2)33(30)10-12-38(31,32)3)50-22-4-13-39-14-16-40(24-34(44)45)18-20-42(26-36(48)49)21-19-41(17-15-39)25-35(46)47/h5,29-33H,4,6-26H2,1-3H3,(H,44,45)(H,46,47)(H,48,49)/t29?,30?,31-,32?,33?,37+,38-/m1/s1. The number of fused-ring (bicyclic) bond motifs is 5. The van der Waals surface area contributed by atoms with Crippen LogP contribution < -0.4 is 0 Å². The van der Waals surface area contributed by atoms with E-state index in [1.54, 1.807) is 17.4 Å². The fourth-order valence-electron chi connectivity index (χ4n) is 10.8. The normalized spacial score (nSPS) is 35.1. The van der Waals surface area contributed by atoms with Gasteiger partial charge >= 0.3 is 17.9 Å². The first-order valence-corrected chi connectivity index (χ1v) is 19.1. The SMILES string of the molecule is CC(=O)[C@H]1CCC2C3CC=C4CC(OCCCN5CCN(CC(=O)O)CCN(CC(=O)O)CCN(CC(=O)O)CC5)CC[C@]4(C)C3CC[C@@]21C. The second kappa shape index (κ2) is 17.0. The van der Waals surface area contributed by atoms with Crippen LogP contribution in [-0.4, -0.2) is 150 Å². The number of aliphatic carboxylic acids is 3. The van der Waals surface area contributed by atoms with Crippen molar-refractivity contribution < 1.29 is 39.2 Å². The number of ketones is 1. The van der Waals surface area contributed by atoms with E-state index in [0.29, 0.717) is 82.5 Å². The van der Waals surface area contributed by atoms with E-state index in [-0.39, 0.29) is 42.5 Å². The number of carboxylic acids is 3. The summed E-state index contributed by atoms with van der Waals surface area (Å²) in [6.45, 7) is 11.7. The molecule has 0 spiro atoms. The van der Waals surface area contributed by atoms with Crippen LogP contribution >= 0.6 is 0 Å². The molecule has 4 unspecified atom stereocenters. The topological polar surface area (TPSA) is 151 Å². The number of rotatable bonds is 12. The molecule has 282 valence electrons. The van der Waals surface area contributed by atoms with Gasteiger partial charge in [0.05, 0.1) is 25.7 Å². The molecule has 4 aliphatic carbocycles. The summed E-state index contributed by atoms with van der Waals surface area (Å²) in [6.07, 6.45) is 12.6. The van der Waals surface area contributed by atoms with E-state index in [1.165, 1.54) is 19.3 Å². The number of hydrogen-bond acceptors (Lipinski definition) is 9. The maximum atomic E-state index is 12.5. The Morgan fingerprint density at radius 3 is 1.80 bits per heavy atom. The van der Waals surface area contributed by atoms with Crippen LogP contribution in [0.2, 0.25) is 0 Å². The van der Waals surface area contributed by atoms with Crippen LogP contribution in [0, 0.1) is 34.5 Å². The molecule has 12 nitrogen and oxygen atoms in total. The third-order valence-electron chi connectivity index (χ3n) is 13.5. The third-order valence-corrected chi connectivity index (χ3v) is 13.5. The van der Waals surface area contributed by atoms with Crippen molar-refractivity contribution in [1.82, 2.24) is 19.6 Å². The number of nitrogens with zero attached hydrogens (tertiary/aromatic N) is 4. The Kier molecular flexibility index (Phi) is 13.2. The van der Waals surface area contributed by atoms with Crippen molar-refractivity contribution in [3.8, 4) is 0 Å². The van der Waals surface area contributed by atoms with E-state index in [0.717, 1.165) is 45.1 Å². The molecule has 7 atom stereocenters. The minimum atomic E-state index is -0.961. The molecule has 0 aromatic carbocycles. The van der Waals surface area contributed by atoms with Crippen molar-refractivity contribution in [3.05, 3.63) is 11.6 Å². The number of carbonyl (C=O) groups excluding carboxylic acids is 1. The number of hydrogen-bond donors (Lipinski definition) is 3. The van der Waals surface area contributed by atoms with E-state index in [9.17, 15) is 34.5 Å². The van der Waals surface area contributed by atoms with Crippen LogP contribution in [0.15, 0.2) is 11.6 Å². The van der Waals surface area contributed by atoms with Crippen molar-refractivity contribution in [2.75, 3.05) is 85.1 Å². The molecule has 0 aromatic heterocycles. The zero-order chi connectivity index (χ0) is 36.1. The Balaban J connectivity index is 1.14. The first kappa shape index (κ1) is 38.8. The van der Waals surface area contributed by atoms with Gasteiger partial charge in [-0.3, -0.25) is 33.9 Å². The van der Waals surface area contributed by atoms with E-state index < -0.39 is 17.9 Å². The van der Waals surface area contributed by atoms with Crippen LogP contribution in [0.1, 0.15) is 78.6 Å². The summed E-state index contributed by atoms with van der Waals surface area (Å²) in [5.41, 5.74) is 1.98. The summed E-state index contributed by atoms with van der Waals surface area (Å²) in [4.78, 5) is 54.9. The van der Waals surface area contributed by atoms with Gasteiger partial charge < -0.3 is 25.0 Å². The molecule has 12 heteroatoms. The second-order valence-electron chi connectivity index (χ2n) is 16.5. The minimum Gasteiger partial charge on any atom is -0.480 e. The van der Waals surface area contributed by atoms with Gasteiger partial charge in [0.2, 0.25) is 0 Å². The maximum Gasteiger partial charge on any atom is 0.317 e. The minimum absolute atomic E-state index is 0.111. The fourth-order valence-corrected chi connectivity index (χ4v) is 10.8. The lowest BCUT2D eigenvalue weighted by molar-refractivity contribution is -0.140. The molecular formula is C38H62N4O8.